The molecule has 0 aromatic carbocycles. The summed E-state index contributed by atoms with van der Waals surface area (Å²) in [6.45, 7) is 3.60. The van der Waals surface area contributed by atoms with Crippen molar-refractivity contribution in [3.8, 4) is 0 Å². The zero-order chi connectivity index (χ0) is 20.1. The molecule has 0 radical (unpaired) electrons. The molecule has 1 unspecified atom stereocenters. The van der Waals surface area contributed by atoms with Gasteiger partial charge in [-0.15, -0.1) is 0 Å². The van der Waals surface area contributed by atoms with Gasteiger partial charge in [0.15, 0.2) is 0 Å². The first kappa shape index (κ1) is 20.3. The van der Waals surface area contributed by atoms with Crippen LogP contribution in [-0.2, 0) is 18.3 Å². The minimum absolute atomic E-state index is 0.109. The molecule has 0 bridgehead atoms. The predicted octanol–water partition coefficient (Wildman–Crippen LogP) is 1.79. The molecule has 27 heavy (non-hydrogen) atoms. The van der Waals surface area contributed by atoms with Crippen molar-refractivity contribution in [3.05, 3.63) is 54.6 Å². The fourth-order valence-corrected chi connectivity index (χ4v) is 2.67. The molecule has 2 aromatic heterocycles. The Labute approximate surface area is 155 Å². The van der Waals surface area contributed by atoms with E-state index in [2.05, 4.69) is 5.10 Å². The van der Waals surface area contributed by atoms with Crippen LogP contribution in [-0.4, -0.2) is 30.9 Å². The van der Waals surface area contributed by atoms with Crippen molar-refractivity contribution in [2.45, 2.75) is 39.5 Å². The van der Waals surface area contributed by atoms with Gasteiger partial charge in [0.1, 0.15) is 11.9 Å². The largest absolute Gasteiger partial charge is 0.361 e. The standard InChI is InChI=1S/C17H23N5O5/c1-5-6-9-20-16(23)15(22(25)26)14(21(17(20)24)12(2)27-4)8-7-13-10-18-19(3)11-13/h7-8,10-12H,5-6,9H2,1-4H3. The van der Waals surface area contributed by atoms with Gasteiger partial charge in [0, 0.05) is 32.5 Å². The molecule has 0 spiro atoms. The van der Waals surface area contributed by atoms with Crippen LogP contribution < -0.4 is 11.2 Å². The average Bonchev–Trinajstić information content (AvgIpc) is 3.04. The Hall–Kier alpha value is -3.01. The van der Waals surface area contributed by atoms with Crippen LogP contribution >= 0.6 is 0 Å². The average molecular weight is 377 g/mol. The van der Waals surface area contributed by atoms with Crippen LogP contribution in [0, 0.1) is 10.1 Å². The molecule has 146 valence electrons. The zero-order valence-corrected chi connectivity index (χ0v) is 15.8. The van der Waals surface area contributed by atoms with Gasteiger partial charge in [-0.25, -0.2) is 4.79 Å². The van der Waals surface area contributed by atoms with Gasteiger partial charge in [0.25, 0.3) is 0 Å². The van der Waals surface area contributed by atoms with Gasteiger partial charge < -0.3 is 4.74 Å². The number of nitro groups is 1. The number of aromatic nitrogens is 4. The second kappa shape index (κ2) is 8.58. The summed E-state index contributed by atoms with van der Waals surface area (Å²) in [7, 11) is 3.12. The van der Waals surface area contributed by atoms with Gasteiger partial charge in [-0.3, -0.25) is 28.7 Å². The summed E-state index contributed by atoms with van der Waals surface area (Å²) in [4.78, 5) is 36.4. The first-order chi connectivity index (χ1) is 12.8. The Kier molecular flexibility index (Phi) is 6.45. The van der Waals surface area contributed by atoms with Gasteiger partial charge in [-0.2, -0.15) is 5.10 Å². The van der Waals surface area contributed by atoms with E-state index in [1.165, 1.54) is 13.2 Å². The van der Waals surface area contributed by atoms with Gasteiger partial charge in [0.2, 0.25) is 0 Å². The topological polar surface area (TPSA) is 114 Å². The molecule has 0 fully saturated rings. The lowest BCUT2D eigenvalue weighted by molar-refractivity contribution is -0.387. The van der Waals surface area contributed by atoms with Gasteiger partial charge in [0.05, 0.1) is 11.1 Å². The van der Waals surface area contributed by atoms with Crippen molar-refractivity contribution in [1.82, 2.24) is 18.9 Å². The van der Waals surface area contributed by atoms with E-state index in [-0.39, 0.29) is 12.2 Å². The molecule has 0 saturated carbocycles. The highest BCUT2D eigenvalue weighted by Crippen LogP contribution is 2.19. The molecular weight excluding hydrogens is 354 g/mol. The second-order valence-corrected chi connectivity index (χ2v) is 6.07. The smallest absolute Gasteiger partial charge is 0.357 e. The number of aryl methyl sites for hydroxylation is 1. The highest BCUT2D eigenvalue weighted by atomic mass is 16.6. The molecule has 2 heterocycles. The van der Waals surface area contributed by atoms with E-state index in [4.69, 9.17) is 4.74 Å². The Bertz CT molecular complexity index is 969. The van der Waals surface area contributed by atoms with Crippen molar-refractivity contribution in [1.29, 1.82) is 0 Å². The normalized spacial score (nSPS) is 12.6. The summed E-state index contributed by atoms with van der Waals surface area (Å²) in [5.41, 5.74) is -1.65. The maximum atomic E-state index is 12.9. The van der Waals surface area contributed by atoms with E-state index in [1.807, 2.05) is 6.92 Å². The number of unbranched alkanes of at least 4 members (excludes halogenated alkanes) is 1. The number of rotatable bonds is 8. The molecular formula is C17H23N5O5. The monoisotopic (exact) mass is 377 g/mol. The zero-order valence-electron chi connectivity index (χ0n) is 15.8. The van der Waals surface area contributed by atoms with E-state index < -0.39 is 28.1 Å². The maximum Gasteiger partial charge on any atom is 0.357 e. The van der Waals surface area contributed by atoms with E-state index in [9.17, 15) is 19.7 Å². The molecule has 2 rings (SSSR count). The van der Waals surface area contributed by atoms with Crippen LogP contribution in [0.3, 0.4) is 0 Å². The SMILES string of the molecule is CCCCn1c(=O)c([N+](=O)[O-])c(C=Cc2cnn(C)c2)n(C(C)OC)c1=O. The van der Waals surface area contributed by atoms with E-state index in [0.29, 0.717) is 12.0 Å². The molecule has 10 nitrogen and oxygen atoms in total. The summed E-state index contributed by atoms with van der Waals surface area (Å²) < 4.78 is 8.82. The van der Waals surface area contributed by atoms with E-state index in [0.717, 1.165) is 15.6 Å². The quantitative estimate of drug-likeness (QED) is 0.512. The first-order valence-electron chi connectivity index (χ1n) is 8.55. The Morgan fingerprint density at radius 1 is 1.37 bits per heavy atom. The van der Waals surface area contributed by atoms with Crippen LogP contribution in [0.1, 0.15) is 44.2 Å². The van der Waals surface area contributed by atoms with Gasteiger partial charge in [-0.05, 0) is 25.5 Å². The summed E-state index contributed by atoms with van der Waals surface area (Å²) in [6.07, 6.45) is 6.69. The maximum absolute atomic E-state index is 12.9. The summed E-state index contributed by atoms with van der Waals surface area (Å²) in [5, 5.41) is 15.7. The third kappa shape index (κ3) is 4.22. The summed E-state index contributed by atoms with van der Waals surface area (Å²) in [5.74, 6) is 0. The number of ether oxygens (including phenoxy) is 1. The Morgan fingerprint density at radius 3 is 2.59 bits per heavy atom. The second-order valence-electron chi connectivity index (χ2n) is 6.07. The fraction of sp³-hybridized carbons (Fsp3) is 0.471. The highest BCUT2D eigenvalue weighted by Gasteiger charge is 2.28. The lowest BCUT2D eigenvalue weighted by atomic mass is 10.2. The van der Waals surface area contributed by atoms with Crippen LogP contribution in [0.25, 0.3) is 12.2 Å². The molecule has 1 atom stereocenters. The minimum atomic E-state index is -0.913. The lowest BCUT2D eigenvalue weighted by Gasteiger charge is -2.18. The van der Waals surface area contributed by atoms with E-state index in [1.54, 1.807) is 37.1 Å². The number of nitrogens with zero attached hydrogens (tertiary/aromatic N) is 5. The Balaban J connectivity index is 2.78. The minimum Gasteiger partial charge on any atom is -0.361 e. The van der Waals surface area contributed by atoms with Crippen molar-refractivity contribution >= 4 is 17.8 Å². The molecule has 0 N–H and O–H groups in total. The van der Waals surface area contributed by atoms with Crippen molar-refractivity contribution in [2.24, 2.45) is 7.05 Å². The highest BCUT2D eigenvalue weighted by molar-refractivity contribution is 5.71. The van der Waals surface area contributed by atoms with Gasteiger partial charge >= 0.3 is 16.9 Å². The van der Waals surface area contributed by atoms with Crippen molar-refractivity contribution in [3.63, 3.8) is 0 Å². The fourth-order valence-electron chi connectivity index (χ4n) is 2.67. The van der Waals surface area contributed by atoms with Crippen LogP contribution in [0.4, 0.5) is 5.69 Å². The predicted molar refractivity (Wildman–Crippen MR) is 100 cm³/mol. The Morgan fingerprint density at radius 2 is 2.07 bits per heavy atom. The molecule has 0 amide bonds. The molecule has 0 aliphatic carbocycles. The molecule has 0 saturated heterocycles. The van der Waals surface area contributed by atoms with E-state index >= 15 is 0 Å². The molecule has 2 aromatic rings. The first-order valence-corrected chi connectivity index (χ1v) is 8.55. The third-order valence-corrected chi connectivity index (χ3v) is 4.17. The molecule has 0 aliphatic heterocycles. The van der Waals surface area contributed by atoms with Crippen molar-refractivity contribution < 1.29 is 9.66 Å². The number of hydrogen-bond donors (Lipinski definition) is 0. The summed E-state index contributed by atoms with van der Waals surface area (Å²) in [6, 6.07) is 0. The number of methoxy groups -OCH3 is 1. The molecule has 0 aliphatic rings. The van der Waals surface area contributed by atoms with Crippen molar-refractivity contribution in [2.75, 3.05) is 7.11 Å². The summed E-state index contributed by atoms with van der Waals surface area (Å²) >= 11 is 0. The molecule has 10 heteroatoms. The van der Waals surface area contributed by atoms with Crippen LogP contribution in [0.2, 0.25) is 0 Å². The number of hydrogen-bond acceptors (Lipinski definition) is 6. The van der Waals surface area contributed by atoms with Crippen LogP contribution in [0.15, 0.2) is 22.0 Å². The van der Waals surface area contributed by atoms with Crippen LogP contribution in [0.5, 0.6) is 0 Å². The lowest BCUT2D eigenvalue weighted by Crippen LogP contribution is -2.43. The van der Waals surface area contributed by atoms with Gasteiger partial charge in [-0.1, -0.05) is 13.3 Å². The third-order valence-electron chi connectivity index (χ3n) is 4.17.